The second kappa shape index (κ2) is 8.18. The quantitative estimate of drug-likeness (QED) is 0.631. The molecule has 0 spiro atoms. The summed E-state index contributed by atoms with van der Waals surface area (Å²) in [6.07, 6.45) is 3.27. The van der Waals surface area contributed by atoms with Crippen LogP contribution in [0.4, 0.5) is 5.69 Å². The summed E-state index contributed by atoms with van der Waals surface area (Å²) in [6, 6.07) is 12.4. The molecule has 0 fully saturated rings. The highest BCUT2D eigenvalue weighted by molar-refractivity contribution is 6.09. The van der Waals surface area contributed by atoms with Gasteiger partial charge in [-0.3, -0.25) is 14.0 Å². The lowest BCUT2D eigenvalue weighted by atomic mass is 10.2. The molecular formula is C20H20N4O3. The summed E-state index contributed by atoms with van der Waals surface area (Å²) in [5, 5.41) is 5.49. The fourth-order valence-corrected chi connectivity index (χ4v) is 2.64. The van der Waals surface area contributed by atoms with Crippen molar-refractivity contribution in [2.24, 2.45) is 0 Å². The number of aromatic nitrogens is 2. The van der Waals surface area contributed by atoms with Gasteiger partial charge in [0.2, 0.25) is 5.82 Å². The lowest BCUT2D eigenvalue weighted by molar-refractivity contribution is 0.0947. The number of carbonyl (C=O) groups excluding carboxylic acids is 2. The molecule has 0 saturated carbocycles. The molecule has 0 unspecified atom stereocenters. The van der Waals surface area contributed by atoms with Crippen molar-refractivity contribution < 1.29 is 14.3 Å². The van der Waals surface area contributed by atoms with E-state index in [0.717, 1.165) is 0 Å². The summed E-state index contributed by atoms with van der Waals surface area (Å²) >= 11 is 0. The number of imidazole rings is 1. The number of hydrogen-bond acceptors (Lipinski definition) is 4. The highest BCUT2D eigenvalue weighted by Crippen LogP contribution is 2.25. The number of nitrogens with zero attached hydrogens (tertiary/aromatic N) is 2. The lowest BCUT2D eigenvalue weighted by Gasteiger charge is -2.10. The first-order valence-corrected chi connectivity index (χ1v) is 8.55. The Bertz CT molecular complexity index is 994. The van der Waals surface area contributed by atoms with Crippen LogP contribution < -0.4 is 15.4 Å². The van der Waals surface area contributed by atoms with Crippen molar-refractivity contribution in [3.8, 4) is 5.75 Å². The van der Waals surface area contributed by atoms with Crippen molar-refractivity contribution in [3.05, 3.63) is 72.8 Å². The minimum atomic E-state index is -0.423. The molecule has 27 heavy (non-hydrogen) atoms. The van der Waals surface area contributed by atoms with Crippen LogP contribution in [-0.2, 0) is 0 Å². The molecule has 0 atom stereocenters. The summed E-state index contributed by atoms with van der Waals surface area (Å²) in [7, 11) is 0. The first kappa shape index (κ1) is 18.2. The molecule has 2 amide bonds. The minimum absolute atomic E-state index is 0.135. The van der Waals surface area contributed by atoms with Crippen molar-refractivity contribution in [1.29, 1.82) is 0 Å². The summed E-state index contributed by atoms with van der Waals surface area (Å²) in [6.45, 7) is 6.23. The average Bonchev–Trinajstić information content (AvgIpc) is 3.08. The number of rotatable bonds is 7. The monoisotopic (exact) mass is 364 g/mol. The van der Waals surface area contributed by atoms with Gasteiger partial charge in [-0.15, -0.1) is 6.58 Å². The van der Waals surface area contributed by atoms with Crippen molar-refractivity contribution in [2.75, 3.05) is 18.5 Å². The van der Waals surface area contributed by atoms with Gasteiger partial charge in [0.05, 0.1) is 17.8 Å². The van der Waals surface area contributed by atoms with E-state index in [1.165, 1.54) is 0 Å². The van der Waals surface area contributed by atoms with Gasteiger partial charge in [-0.2, -0.15) is 0 Å². The van der Waals surface area contributed by atoms with Gasteiger partial charge in [-0.25, -0.2) is 4.98 Å². The van der Waals surface area contributed by atoms with Crippen LogP contribution in [0.2, 0.25) is 0 Å². The Morgan fingerprint density at radius 2 is 1.96 bits per heavy atom. The van der Waals surface area contributed by atoms with Gasteiger partial charge < -0.3 is 15.4 Å². The Morgan fingerprint density at radius 1 is 1.19 bits per heavy atom. The molecule has 0 aliphatic rings. The van der Waals surface area contributed by atoms with Crippen LogP contribution in [0, 0.1) is 0 Å². The summed E-state index contributed by atoms with van der Waals surface area (Å²) in [5.74, 6) is -0.102. The van der Waals surface area contributed by atoms with Crippen molar-refractivity contribution in [2.45, 2.75) is 6.92 Å². The topological polar surface area (TPSA) is 84.7 Å². The van der Waals surface area contributed by atoms with Gasteiger partial charge in [0.25, 0.3) is 11.8 Å². The molecule has 0 aliphatic carbocycles. The van der Waals surface area contributed by atoms with Crippen LogP contribution >= 0.6 is 0 Å². The van der Waals surface area contributed by atoms with Crippen LogP contribution in [0.25, 0.3) is 5.52 Å². The van der Waals surface area contributed by atoms with E-state index in [2.05, 4.69) is 22.2 Å². The van der Waals surface area contributed by atoms with Crippen LogP contribution in [-0.4, -0.2) is 34.4 Å². The van der Waals surface area contributed by atoms with Crippen LogP contribution in [0.15, 0.2) is 61.3 Å². The number of para-hydroxylation sites is 2. The fraction of sp³-hybridized carbons (Fsp3) is 0.150. The highest BCUT2D eigenvalue weighted by atomic mass is 16.5. The Balaban J connectivity index is 1.96. The zero-order chi connectivity index (χ0) is 19.2. The number of nitrogens with one attached hydrogen (secondary N) is 2. The number of benzene rings is 1. The molecule has 3 rings (SSSR count). The third-order valence-electron chi connectivity index (χ3n) is 3.81. The summed E-state index contributed by atoms with van der Waals surface area (Å²) < 4.78 is 7.12. The zero-order valence-electron chi connectivity index (χ0n) is 14.9. The second-order valence-corrected chi connectivity index (χ2v) is 5.62. The maximum absolute atomic E-state index is 12.8. The Labute approximate surface area is 156 Å². The molecule has 2 heterocycles. The maximum atomic E-state index is 12.8. The lowest BCUT2D eigenvalue weighted by Crippen LogP contribution is -2.25. The molecule has 1 aromatic carbocycles. The third-order valence-corrected chi connectivity index (χ3v) is 3.81. The van der Waals surface area contributed by atoms with E-state index < -0.39 is 5.91 Å². The van der Waals surface area contributed by atoms with E-state index in [4.69, 9.17) is 4.74 Å². The van der Waals surface area contributed by atoms with Gasteiger partial charge in [0, 0.05) is 12.7 Å². The first-order valence-electron chi connectivity index (χ1n) is 8.55. The molecular weight excluding hydrogens is 344 g/mol. The van der Waals surface area contributed by atoms with Crippen molar-refractivity contribution in [1.82, 2.24) is 14.7 Å². The van der Waals surface area contributed by atoms with Gasteiger partial charge in [0.15, 0.2) is 5.69 Å². The second-order valence-electron chi connectivity index (χ2n) is 5.62. The van der Waals surface area contributed by atoms with Crippen LogP contribution in [0.3, 0.4) is 0 Å². The SMILES string of the molecule is C=CCNC(=O)c1nc(C(=O)Nc2ccccc2OCC)c2ccccn12. The molecule has 138 valence electrons. The fourth-order valence-electron chi connectivity index (χ4n) is 2.64. The number of anilines is 1. The van der Waals surface area contributed by atoms with Gasteiger partial charge in [-0.1, -0.05) is 24.3 Å². The van der Waals surface area contributed by atoms with E-state index in [0.29, 0.717) is 30.1 Å². The van der Waals surface area contributed by atoms with Crippen LogP contribution in [0.5, 0.6) is 5.75 Å². The Hall–Kier alpha value is -3.61. The smallest absolute Gasteiger partial charge is 0.287 e. The number of pyridine rings is 1. The first-order chi connectivity index (χ1) is 13.2. The van der Waals surface area contributed by atoms with Crippen molar-refractivity contribution >= 4 is 23.0 Å². The van der Waals surface area contributed by atoms with Crippen LogP contribution in [0.1, 0.15) is 28.0 Å². The average molecular weight is 364 g/mol. The van der Waals surface area contributed by atoms with E-state index in [9.17, 15) is 9.59 Å². The predicted octanol–water partition coefficient (Wildman–Crippen LogP) is 2.90. The summed E-state index contributed by atoms with van der Waals surface area (Å²) in [4.78, 5) is 29.5. The number of ether oxygens (including phenoxy) is 1. The van der Waals surface area contributed by atoms with Gasteiger partial charge >= 0.3 is 0 Å². The third kappa shape index (κ3) is 3.82. The molecule has 3 aromatic rings. The van der Waals surface area contributed by atoms with E-state index in [1.54, 1.807) is 53.1 Å². The molecule has 0 saturated heterocycles. The van der Waals surface area contributed by atoms with Gasteiger partial charge in [-0.05, 0) is 31.2 Å². The zero-order valence-corrected chi connectivity index (χ0v) is 14.9. The normalized spacial score (nSPS) is 10.4. The highest BCUT2D eigenvalue weighted by Gasteiger charge is 2.21. The Morgan fingerprint density at radius 3 is 2.74 bits per heavy atom. The molecule has 0 bridgehead atoms. The summed E-state index contributed by atoms with van der Waals surface area (Å²) in [5.41, 5.74) is 1.23. The minimum Gasteiger partial charge on any atom is -0.492 e. The largest absolute Gasteiger partial charge is 0.492 e. The molecule has 7 heteroatoms. The maximum Gasteiger partial charge on any atom is 0.287 e. The Kier molecular flexibility index (Phi) is 5.51. The van der Waals surface area contributed by atoms with E-state index in [1.807, 2.05) is 13.0 Å². The number of carbonyl (C=O) groups is 2. The molecule has 2 N–H and O–H groups in total. The molecule has 7 nitrogen and oxygen atoms in total. The van der Waals surface area contributed by atoms with E-state index in [-0.39, 0.29) is 17.4 Å². The number of fused-ring (bicyclic) bond motifs is 1. The van der Waals surface area contributed by atoms with Gasteiger partial charge in [0.1, 0.15) is 5.75 Å². The molecule has 0 radical (unpaired) electrons. The number of amides is 2. The van der Waals surface area contributed by atoms with E-state index >= 15 is 0 Å². The number of hydrogen-bond donors (Lipinski definition) is 2. The standard InChI is InChI=1S/C20H20N4O3/c1-3-12-21-20(26)18-23-17(15-10-7-8-13-24(15)18)19(25)22-14-9-5-6-11-16(14)27-4-2/h3,5-11,13H,1,4,12H2,2H3,(H,21,26)(H,22,25). The molecule has 2 aromatic heterocycles. The predicted molar refractivity (Wildman–Crippen MR) is 103 cm³/mol. The molecule has 0 aliphatic heterocycles. The van der Waals surface area contributed by atoms with Crippen molar-refractivity contribution in [3.63, 3.8) is 0 Å².